The molecule has 3 aromatic rings. The molecule has 9 heteroatoms. The summed E-state index contributed by atoms with van der Waals surface area (Å²) in [6.07, 6.45) is 1.67. The molecule has 0 aliphatic rings. The van der Waals surface area contributed by atoms with Gasteiger partial charge in [0.15, 0.2) is 0 Å². The smallest absolute Gasteiger partial charge is 0.335 e. The van der Waals surface area contributed by atoms with Gasteiger partial charge in [-0.15, -0.1) is 0 Å². The molecule has 0 saturated heterocycles. The first-order chi connectivity index (χ1) is 16.3. The van der Waals surface area contributed by atoms with Crippen LogP contribution in [0.2, 0.25) is 0 Å². The maximum Gasteiger partial charge on any atom is 0.335 e. The molecule has 1 aromatic heterocycles. The predicted octanol–water partition coefficient (Wildman–Crippen LogP) is 4.53. The van der Waals surface area contributed by atoms with Crippen LogP contribution >= 0.6 is 0 Å². The van der Waals surface area contributed by atoms with E-state index >= 15 is 0 Å². The number of nitrogens with zero attached hydrogens (tertiary/aromatic N) is 3. The summed E-state index contributed by atoms with van der Waals surface area (Å²) in [4.78, 5) is 13.8. The number of carboxylic acid groups (broad SMARTS) is 1. The number of rotatable bonds is 9. The third-order valence-corrected chi connectivity index (χ3v) is 8.02. The van der Waals surface area contributed by atoms with E-state index in [-0.39, 0.29) is 16.1 Å². The topological polar surface area (TPSA) is 105 Å². The first kappa shape index (κ1) is 26.3. The van der Waals surface area contributed by atoms with Crippen molar-refractivity contribution < 1.29 is 18.3 Å². The summed E-state index contributed by atoms with van der Waals surface area (Å²) in [5.74, 6) is -1.12. The number of benzene rings is 2. The van der Waals surface area contributed by atoms with Crippen molar-refractivity contribution in [3.63, 3.8) is 0 Å². The Bertz CT molecular complexity index is 1350. The van der Waals surface area contributed by atoms with Crippen LogP contribution in [0.3, 0.4) is 0 Å². The highest BCUT2D eigenvalue weighted by Crippen LogP contribution is 2.31. The molecule has 0 radical (unpaired) electrons. The number of anilines is 2. The molecule has 0 atom stereocenters. The Labute approximate surface area is 207 Å². The minimum absolute atomic E-state index is 0.0128. The summed E-state index contributed by atoms with van der Waals surface area (Å²) >= 11 is 0. The van der Waals surface area contributed by atoms with Gasteiger partial charge in [-0.3, -0.25) is 9.40 Å². The monoisotopic (exact) mass is 498 g/mol. The van der Waals surface area contributed by atoms with Crippen molar-refractivity contribution >= 4 is 27.4 Å². The van der Waals surface area contributed by atoms with E-state index in [1.165, 1.54) is 17.7 Å². The molecule has 1 heterocycles. The number of aromatic nitrogens is 2. The van der Waals surface area contributed by atoms with Crippen LogP contribution in [0.15, 0.2) is 35.2 Å². The maximum atomic E-state index is 13.4. The highest BCUT2D eigenvalue weighted by molar-refractivity contribution is 7.92. The van der Waals surface area contributed by atoms with E-state index in [0.29, 0.717) is 23.4 Å². The zero-order chi connectivity index (χ0) is 26.1. The van der Waals surface area contributed by atoms with Crippen LogP contribution in [0.5, 0.6) is 0 Å². The number of carboxylic acids is 1. The Morgan fingerprint density at radius 3 is 2.26 bits per heavy atom. The first-order valence-corrected chi connectivity index (χ1v) is 13.0. The van der Waals surface area contributed by atoms with Gasteiger partial charge in [0.2, 0.25) is 0 Å². The van der Waals surface area contributed by atoms with Gasteiger partial charge < -0.3 is 10.0 Å². The van der Waals surface area contributed by atoms with Gasteiger partial charge in [0.1, 0.15) is 0 Å². The number of aromatic carboxylic acids is 1. The van der Waals surface area contributed by atoms with Crippen LogP contribution in [0.25, 0.3) is 0 Å². The van der Waals surface area contributed by atoms with Crippen molar-refractivity contribution in [3.8, 4) is 0 Å². The predicted molar refractivity (Wildman–Crippen MR) is 139 cm³/mol. The fourth-order valence-electron chi connectivity index (χ4n) is 4.66. The quantitative estimate of drug-likeness (QED) is 0.449. The van der Waals surface area contributed by atoms with Gasteiger partial charge in [0.25, 0.3) is 10.0 Å². The normalized spacial score (nSPS) is 11.5. The van der Waals surface area contributed by atoms with E-state index in [9.17, 15) is 18.3 Å². The molecule has 0 unspecified atom stereocenters. The molecule has 0 aliphatic heterocycles. The van der Waals surface area contributed by atoms with Gasteiger partial charge >= 0.3 is 5.97 Å². The molecule has 188 valence electrons. The highest BCUT2D eigenvalue weighted by atomic mass is 32.2. The molecule has 0 fully saturated rings. The molecular weight excluding hydrogens is 464 g/mol. The molecule has 35 heavy (non-hydrogen) atoms. The number of hydrogen-bond donors (Lipinski definition) is 2. The third kappa shape index (κ3) is 5.67. The molecule has 0 bridgehead atoms. The number of nitrogens with one attached hydrogen (secondary N) is 1. The minimum Gasteiger partial charge on any atom is -0.478 e. The Hall–Kier alpha value is -3.33. The van der Waals surface area contributed by atoms with Crippen molar-refractivity contribution in [2.75, 3.05) is 23.2 Å². The second-order valence-corrected chi connectivity index (χ2v) is 10.8. The van der Waals surface area contributed by atoms with Gasteiger partial charge in [0.05, 0.1) is 27.5 Å². The third-order valence-electron chi connectivity index (χ3n) is 6.35. The van der Waals surface area contributed by atoms with E-state index in [1.54, 1.807) is 19.9 Å². The average molecular weight is 499 g/mol. The van der Waals surface area contributed by atoms with Gasteiger partial charge in [-0.25, -0.2) is 13.2 Å². The molecular formula is C26H34N4O4S. The molecule has 2 aromatic carbocycles. The van der Waals surface area contributed by atoms with E-state index in [2.05, 4.69) is 9.82 Å². The standard InChI is InChI=1S/C26H34N4O4S/c1-16-13-17(2)25(18(3)14-16)35(33,34)28-23-15-21(26(31)32)10-11-24(23)29(6)12-8-9-22-19(4)27-30(7)20(22)5/h10-11,13-15,28H,8-9,12H2,1-7H3,(H,31,32). The van der Waals surface area contributed by atoms with Crippen LogP contribution in [0, 0.1) is 34.6 Å². The van der Waals surface area contributed by atoms with Gasteiger partial charge in [-0.05, 0) is 82.3 Å². The molecule has 2 N–H and O–H groups in total. The van der Waals surface area contributed by atoms with Crippen LogP contribution in [-0.4, -0.2) is 42.9 Å². The highest BCUT2D eigenvalue weighted by Gasteiger charge is 2.23. The average Bonchev–Trinajstić information content (AvgIpc) is 2.98. The molecule has 0 aliphatic carbocycles. The van der Waals surface area contributed by atoms with Crippen molar-refractivity contribution in [2.45, 2.75) is 52.4 Å². The molecule has 8 nitrogen and oxygen atoms in total. The summed E-state index contributed by atoms with van der Waals surface area (Å²) in [5.41, 5.74) is 6.48. The van der Waals surface area contributed by atoms with Crippen LogP contribution < -0.4 is 9.62 Å². The number of hydrogen-bond acceptors (Lipinski definition) is 5. The summed E-state index contributed by atoms with van der Waals surface area (Å²) in [6.45, 7) is 10.1. The van der Waals surface area contributed by atoms with Gasteiger partial charge in [-0.1, -0.05) is 17.7 Å². The van der Waals surface area contributed by atoms with Crippen LogP contribution in [0.4, 0.5) is 11.4 Å². The van der Waals surface area contributed by atoms with E-state index in [1.807, 2.05) is 56.6 Å². The number of aryl methyl sites for hydroxylation is 5. The largest absolute Gasteiger partial charge is 0.478 e. The first-order valence-electron chi connectivity index (χ1n) is 11.5. The fraction of sp³-hybridized carbons (Fsp3) is 0.385. The zero-order valence-electron chi connectivity index (χ0n) is 21.4. The van der Waals surface area contributed by atoms with Crippen LogP contribution in [-0.2, 0) is 23.5 Å². The number of sulfonamides is 1. The molecule has 0 spiro atoms. The Morgan fingerprint density at radius 2 is 1.71 bits per heavy atom. The Kier molecular flexibility index (Phi) is 7.59. The lowest BCUT2D eigenvalue weighted by Gasteiger charge is -2.24. The SMILES string of the molecule is Cc1cc(C)c(S(=O)(=O)Nc2cc(C(=O)O)ccc2N(C)CCCc2c(C)nn(C)c2C)c(C)c1. The van der Waals surface area contributed by atoms with Crippen molar-refractivity contribution in [3.05, 3.63) is 69.5 Å². The summed E-state index contributed by atoms with van der Waals surface area (Å²) in [7, 11) is -0.140. The Balaban J connectivity index is 1.90. The van der Waals surface area contributed by atoms with Crippen molar-refractivity contribution in [2.24, 2.45) is 7.05 Å². The Morgan fingerprint density at radius 1 is 1.09 bits per heavy atom. The lowest BCUT2D eigenvalue weighted by molar-refractivity contribution is 0.0697. The lowest BCUT2D eigenvalue weighted by atomic mass is 10.1. The van der Waals surface area contributed by atoms with Gasteiger partial charge in [-0.2, -0.15) is 5.10 Å². The van der Waals surface area contributed by atoms with Crippen molar-refractivity contribution in [1.82, 2.24) is 9.78 Å². The van der Waals surface area contributed by atoms with E-state index < -0.39 is 16.0 Å². The summed E-state index contributed by atoms with van der Waals surface area (Å²) in [6, 6.07) is 8.16. The fourth-order valence-corrected chi connectivity index (χ4v) is 6.18. The van der Waals surface area contributed by atoms with Crippen molar-refractivity contribution in [1.29, 1.82) is 0 Å². The summed E-state index contributed by atoms with van der Waals surface area (Å²) in [5, 5.41) is 14.0. The minimum atomic E-state index is -3.94. The molecule has 0 amide bonds. The second kappa shape index (κ2) is 10.1. The second-order valence-electron chi connectivity index (χ2n) is 9.17. The van der Waals surface area contributed by atoms with Gasteiger partial charge in [0, 0.05) is 26.3 Å². The van der Waals surface area contributed by atoms with E-state index in [0.717, 1.165) is 29.8 Å². The number of carbonyl (C=O) groups is 1. The summed E-state index contributed by atoms with van der Waals surface area (Å²) < 4.78 is 31.3. The van der Waals surface area contributed by atoms with E-state index in [4.69, 9.17) is 0 Å². The molecule has 0 saturated carbocycles. The lowest BCUT2D eigenvalue weighted by Crippen LogP contribution is -2.23. The zero-order valence-corrected chi connectivity index (χ0v) is 22.2. The molecule has 3 rings (SSSR count). The van der Waals surface area contributed by atoms with Crippen LogP contribution in [0.1, 0.15) is 50.4 Å². The maximum absolute atomic E-state index is 13.4.